The Morgan fingerprint density at radius 2 is 1.83 bits per heavy atom. The SMILES string of the molecule is Cc1ccc(S(=O)(=O)N(CC(=O)N[C@@H]2C[C@@H]3CC[C@H]2C3)c2cccc(Cl)c2C)cc1. The number of benzene rings is 2. The Bertz CT molecular complexity index is 1050. The summed E-state index contributed by atoms with van der Waals surface area (Å²) >= 11 is 6.27. The van der Waals surface area contributed by atoms with Crippen LogP contribution >= 0.6 is 11.6 Å². The summed E-state index contributed by atoms with van der Waals surface area (Å²) in [6, 6.07) is 11.9. The number of carbonyl (C=O) groups is 1. The van der Waals surface area contributed by atoms with Crippen molar-refractivity contribution in [2.75, 3.05) is 10.8 Å². The molecule has 2 aromatic carbocycles. The molecule has 2 fully saturated rings. The van der Waals surface area contributed by atoms with Gasteiger partial charge in [-0.25, -0.2) is 8.42 Å². The van der Waals surface area contributed by atoms with E-state index in [4.69, 9.17) is 11.6 Å². The van der Waals surface area contributed by atoms with E-state index in [1.54, 1.807) is 49.4 Å². The molecule has 1 N–H and O–H groups in total. The number of hydrogen-bond donors (Lipinski definition) is 1. The summed E-state index contributed by atoms with van der Waals surface area (Å²) in [6.07, 6.45) is 4.56. The minimum absolute atomic E-state index is 0.153. The molecular formula is C23H27ClN2O3S. The number of fused-ring (bicyclic) bond motifs is 2. The van der Waals surface area contributed by atoms with Crippen molar-refractivity contribution in [2.45, 2.75) is 50.5 Å². The molecule has 5 nitrogen and oxygen atoms in total. The number of nitrogens with zero attached hydrogens (tertiary/aromatic N) is 1. The van der Waals surface area contributed by atoms with E-state index in [-0.39, 0.29) is 23.4 Å². The zero-order valence-electron chi connectivity index (χ0n) is 17.3. The van der Waals surface area contributed by atoms with E-state index in [0.29, 0.717) is 28.1 Å². The van der Waals surface area contributed by atoms with Crippen molar-refractivity contribution >= 4 is 33.2 Å². The van der Waals surface area contributed by atoms with Gasteiger partial charge in [0, 0.05) is 11.1 Å². The molecule has 0 radical (unpaired) electrons. The summed E-state index contributed by atoms with van der Waals surface area (Å²) < 4.78 is 28.2. The highest BCUT2D eigenvalue weighted by molar-refractivity contribution is 7.92. The summed E-state index contributed by atoms with van der Waals surface area (Å²) in [5, 5.41) is 3.56. The molecule has 0 unspecified atom stereocenters. The molecular weight excluding hydrogens is 420 g/mol. The van der Waals surface area contributed by atoms with Crippen molar-refractivity contribution in [1.82, 2.24) is 5.32 Å². The van der Waals surface area contributed by atoms with Gasteiger partial charge in [0.25, 0.3) is 10.0 Å². The number of carbonyl (C=O) groups excluding carboxylic acids is 1. The van der Waals surface area contributed by atoms with Gasteiger partial charge in [-0.3, -0.25) is 9.10 Å². The normalized spacial score (nSPS) is 22.8. The minimum atomic E-state index is -3.94. The van der Waals surface area contributed by atoms with Gasteiger partial charge >= 0.3 is 0 Å². The van der Waals surface area contributed by atoms with E-state index in [2.05, 4.69) is 5.32 Å². The summed E-state index contributed by atoms with van der Waals surface area (Å²) in [7, 11) is -3.94. The lowest BCUT2D eigenvalue weighted by atomic mass is 9.95. The van der Waals surface area contributed by atoms with Crippen LogP contribution in [0.5, 0.6) is 0 Å². The molecule has 30 heavy (non-hydrogen) atoms. The topological polar surface area (TPSA) is 66.5 Å². The van der Waals surface area contributed by atoms with Crippen molar-refractivity contribution < 1.29 is 13.2 Å². The number of amides is 1. The molecule has 0 saturated heterocycles. The highest BCUT2D eigenvalue weighted by Gasteiger charge is 2.40. The van der Waals surface area contributed by atoms with Gasteiger partial charge in [-0.2, -0.15) is 0 Å². The molecule has 0 heterocycles. The average molecular weight is 447 g/mol. The zero-order chi connectivity index (χ0) is 21.5. The van der Waals surface area contributed by atoms with Crippen molar-refractivity contribution in [3.05, 3.63) is 58.6 Å². The Kier molecular flexibility index (Phi) is 5.82. The van der Waals surface area contributed by atoms with Gasteiger partial charge in [0.2, 0.25) is 5.91 Å². The lowest BCUT2D eigenvalue weighted by Crippen LogP contribution is -2.46. The monoisotopic (exact) mass is 446 g/mol. The summed E-state index contributed by atoms with van der Waals surface area (Å²) in [5.41, 5.74) is 2.02. The summed E-state index contributed by atoms with van der Waals surface area (Å²) in [5.74, 6) is 0.944. The van der Waals surface area contributed by atoms with Crippen molar-refractivity contribution in [3.63, 3.8) is 0 Å². The molecule has 0 aromatic heterocycles. The predicted octanol–water partition coefficient (Wildman–Crippen LogP) is 4.46. The number of sulfonamides is 1. The fourth-order valence-corrected chi connectivity index (χ4v) is 6.46. The number of hydrogen-bond acceptors (Lipinski definition) is 3. The Labute approximate surface area is 183 Å². The van der Waals surface area contributed by atoms with Gasteiger partial charge in [0.05, 0.1) is 10.6 Å². The first-order valence-electron chi connectivity index (χ1n) is 10.4. The van der Waals surface area contributed by atoms with E-state index in [1.807, 2.05) is 6.92 Å². The van der Waals surface area contributed by atoms with Gasteiger partial charge in [-0.1, -0.05) is 41.8 Å². The van der Waals surface area contributed by atoms with Crippen LogP contribution < -0.4 is 9.62 Å². The Morgan fingerprint density at radius 1 is 1.10 bits per heavy atom. The second-order valence-corrected chi connectivity index (χ2v) is 10.8. The van der Waals surface area contributed by atoms with Crippen molar-refractivity contribution in [2.24, 2.45) is 11.8 Å². The second-order valence-electron chi connectivity index (χ2n) is 8.56. The number of anilines is 1. The molecule has 2 saturated carbocycles. The second kappa shape index (κ2) is 8.23. The molecule has 2 aliphatic rings. The third-order valence-electron chi connectivity index (χ3n) is 6.49. The van der Waals surface area contributed by atoms with Crippen molar-refractivity contribution in [1.29, 1.82) is 0 Å². The van der Waals surface area contributed by atoms with Crippen LogP contribution in [-0.2, 0) is 14.8 Å². The molecule has 160 valence electrons. The lowest BCUT2D eigenvalue weighted by Gasteiger charge is -2.28. The zero-order valence-corrected chi connectivity index (χ0v) is 18.8. The van der Waals surface area contributed by atoms with Gasteiger partial charge in [0.1, 0.15) is 6.54 Å². The molecule has 0 spiro atoms. The minimum Gasteiger partial charge on any atom is -0.352 e. The first kappa shape index (κ1) is 21.2. The quantitative estimate of drug-likeness (QED) is 0.712. The fraction of sp³-hybridized carbons (Fsp3) is 0.435. The molecule has 2 aromatic rings. The lowest BCUT2D eigenvalue weighted by molar-refractivity contribution is -0.120. The molecule has 4 rings (SSSR count). The summed E-state index contributed by atoms with van der Waals surface area (Å²) in [4.78, 5) is 13.1. The van der Waals surface area contributed by atoms with Crippen LogP contribution in [0.2, 0.25) is 5.02 Å². The molecule has 2 aliphatic carbocycles. The third-order valence-corrected chi connectivity index (χ3v) is 8.67. The molecule has 3 atom stereocenters. The number of halogens is 1. The number of aryl methyl sites for hydroxylation is 1. The third kappa shape index (κ3) is 4.08. The summed E-state index contributed by atoms with van der Waals surface area (Å²) in [6.45, 7) is 3.40. The van der Waals surface area contributed by atoms with E-state index >= 15 is 0 Å². The van der Waals surface area contributed by atoms with E-state index in [9.17, 15) is 13.2 Å². The Hall–Kier alpha value is -2.05. The van der Waals surface area contributed by atoms with Crippen LogP contribution in [0.3, 0.4) is 0 Å². The van der Waals surface area contributed by atoms with Crippen LogP contribution in [0.4, 0.5) is 5.69 Å². The standard InChI is InChI=1S/C23H27ClN2O3S/c1-15-6-10-19(11-7-15)30(28,29)26(22-5-3-4-20(24)16(22)2)14-23(27)25-21-13-17-8-9-18(21)12-17/h3-7,10-11,17-18,21H,8-9,12-14H2,1-2H3,(H,25,27)/t17-,18+,21-/m1/s1. The van der Waals surface area contributed by atoms with Crippen LogP contribution in [0.15, 0.2) is 47.4 Å². The van der Waals surface area contributed by atoms with Crippen LogP contribution in [0.25, 0.3) is 0 Å². The van der Waals surface area contributed by atoms with E-state index in [1.165, 1.54) is 17.1 Å². The highest BCUT2D eigenvalue weighted by Crippen LogP contribution is 2.44. The van der Waals surface area contributed by atoms with Gasteiger partial charge in [0.15, 0.2) is 0 Å². The number of nitrogens with one attached hydrogen (secondary N) is 1. The fourth-order valence-electron chi connectivity index (χ4n) is 4.81. The molecule has 1 amide bonds. The maximum Gasteiger partial charge on any atom is 0.264 e. The maximum atomic E-state index is 13.5. The average Bonchev–Trinajstić information content (AvgIpc) is 3.32. The Balaban J connectivity index is 1.64. The smallest absolute Gasteiger partial charge is 0.264 e. The van der Waals surface area contributed by atoms with E-state index in [0.717, 1.165) is 18.4 Å². The molecule has 7 heteroatoms. The predicted molar refractivity (Wildman–Crippen MR) is 119 cm³/mol. The molecule has 0 aliphatic heterocycles. The number of rotatable bonds is 6. The van der Waals surface area contributed by atoms with Gasteiger partial charge in [-0.05, 0) is 74.8 Å². The van der Waals surface area contributed by atoms with Crippen molar-refractivity contribution in [3.8, 4) is 0 Å². The first-order valence-corrected chi connectivity index (χ1v) is 12.2. The van der Waals surface area contributed by atoms with Crippen LogP contribution in [-0.4, -0.2) is 26.9 Å². The van der Waals surface area contributed by atoms with Gasteiger partial charge < -0.3 is 5.32 Å². The van der Waals surface area contributed by atoms with E-state index < -0.39 is 10.0 Å². The van der Waals surface area contributed by atoms with Gasteiger partial charge in [-0.15, -0.1) is 0 Å². The highest BCUT2D eigenvalue weighted by atomic mass is 35.5. The van der Waals surface area contributed by atoms with Crippen LogP contribution in [0.1, 0.15) is 36.8 Å². The van der Waals surface area contributed by atoms with Crippen LogP contribution in [0, 0.1) is 25.7 Å². The maximum absolute atomic E-state index is 13.5. The Morgan fingerprint density at radius 3 is 2.47 bits per heavy atom. The molecule has 2 bridgehead atoms. The first-order chi connectivity index (χ1) is 14.3. The largest absolute Gasteiger partial charge is 0.352 e.